The number of nitrogens with one attached hydrogen (secondary N) is 1. The fourth-order valence-corrected chi connectivity index (χ4v) is 3.18. The number of amides is 1. The quantitative estimate of drug-likeness (QED) is 0.746. The SMILES string of the molecule is O=C(NC1CN(c2ccnc3ccnn23)C1)c1cc(F)ccc1Br. The predicted molar refractivity (Wildman–Crippen MR) is 90.6 cm³/mol. The van der Waals surface area contributed by atoms with Gasteiger partial charge in [0, 0.05) is 29.8 Å². The number of halogens is 2. The Morgan fingerprint density at radius 1 is 1.25 bits per heavy atom. The van der Waals surface area contributed by atoms with E-state index in [2.05, 4.69) is 36.2 Å². The van der Waals surface area contributed by atoms with Crippen LogP contribution in [0.25, 0.3) is 5.65 Å². The molecule has 0 saturated carbocycles. The molecule has 0 spiro atoms. The molecule has 0 unspecified atom stereocenters. The van der Waals surface area contributed by atoms with Crippen molar-refractivity contribution in [2.75, 3.05) is 18.0 Å². The molecule has 1 aromatic carbocycles. The van der Waals surface area contributed by atoms with E-state index in [0.717, 1.165) is 11.5 Å². The van der Waals surface area contributed by atoms with E-state index in [9.17, 15) is 9.18 Å². The highest BCUT2D eigenvalue weighted by atomic mass is 79.9. The highest BCUT2D eigenvalue weighted by molar-refractivity contribution is 9.10. The first-order chi connectivity index (χ1) is 11.6. The maximum absolute atomic E-state index is 13.3. The van der Waals surface area contributed by atoms with Gasteiger partial charge in [-0.15, -0.1) is 0 Å². The van der Waals surface area contributed by atoms with Gasteiger partial charge in [-0.2, -0.15) is 9.61 Å². The van der Waals surface area contributed by atoms with Gasteiger partial charge in [0.25, 0.3) is 5.91 Å². The molecule has 1 saturated heterocycles. The normalized spacial score (nSPS) is 14.7. The van der Waals surface area contributed by atoms with E-state index in [4.69, 9.17) is 0 Å². The van der Waals surface area contributed by atoms with Crippen LogP contribution in [-0.2, 0) is 0 Å². The molecule has 0 radical (unpaired) electrons. The molecule has 8 heteroatoms. The zero-order valence-corrected chi connectivity index (χ0v) is 14.1. The molecule has 0 aliphatic carbocycles. The lowest BCUT2D eigenvalue weighted by Gasteiger charge is -2.40. The Hall–Kier alpha value is -2.48. The van der Waals surface area contributed by atoms with Gasteiger partial charge in [-0.05, 0) is 40.2 Å². The summed E-state index contributed by atoms with van der Waals surface area (Å²) in [4.78, 5) is 18.6. The number of benzene rings is 1. The van der Waals surface area contributed by atoms with E-state index in [1.54, 1.807) is 16.9 Å². The van der Waals surface area contributed by atoms with Gasteiger partial charge in [0.05, 0.1) is 17.8 Å². The molecule has 6 nitrogen and oxygen atoms in total. The Kier molecular flexibility index (Phi) is 3.68. The topological polar surface area (TPSA) is 62.5 Å². The Morgan fingerprint density at radius 2 is 2.08 bits per heavy atom. The zero-order chi connectivity index (χ0) is 16.7. The van der Waals surface area contributed by atoms with Gasteiger partial charge in [-0.3, -0.25) is 4.79 Å². The number of hydrogen-bond donors (Lipinski definition) is 1. The monoisotopic (exact) mass is 389 g/mol. The number of carbonyl (C=O) groups excluding carboxylic acids is 1. The van der Waals surface area contributed by atoms with Crippen LogP contribution in [-0.4, -0.2) is 39.6 Å². The van der Waals surface area contributed by atoms with Crippen molar-refractivity contribution < 1.29 is 9.18 Å². The van der Waals surface area contributed by atoms with E-state index in [-0.39, 0.29) is 11.9 Å². The van der Waals surface area contributed by atoms with E-state index in [1.807, 2.05) is 12.1 Å². The third kappa shape index (κ3) is 2.62. The summed E-state index contributed by atoms with van der Waals surface area (Å²) in [7, 11) is 0. The molecule has 4 rings (SSSR count). The van der Waals surface area contributed by atoms with E-state index >= 15 is 0 Å². The van der Waals surface area contributed by atoms with E-state index in [0.29, 0.717) is 23.1 Å². The van der Waals surface area contributed by atoms with Crippen LogP contribution in [0.1, 0.15) is 10.4 Å². The first-order valence-electron chi connectivity index (χ1n) is 7.41. The number of fused-ring (bicyclic) bond motifs is 1. The minimum absolute atomic E-state index is 0.00597. The molecular formula is C16H13BrFN5O. The van der Waals surface area contributed by atoms with Crippen LogP contribution in [0, 0.1) is 5.82 Å². The van der Waals surface area contributed by atoms with E-state index in [1.165, 1.54) is 18.2 Å². The van der Waals surface area contributed by atoms with Crippen LogP contribution >= 0.6 is 15.9 Å². The van der Waals surface area contributed by atoms with Gasteiger partial charge in [0.2, 0.25) is 0 Å². The van der Waals surface area contributed by atoms with Crippen molar-refractivity contribution in [3.05, 3.63) is 58.6 Å². The summed E-state index contributed by atoms with van der Waals surface area (Å²) in [5.74, 6) is 0.212. The third-order valence-corrected chi connectivity index (χ3v) is 4.68. The molecule has 2 aromatic heterocycles. The smallest absolute Gasteiger partial charge is 0.252 e. The van der Waals surface area contributed by atoms with Crippen molar-refractivity contribution in [1.29, 1.82) is 0 Å². The van der Waals surface area contributed by atoms with Gasteiger partial charge in [-0.25, -0.2) is 9.37 Å². The van der Waals surface area contributed by atoms with Gasteiger partial charge < -0.3 is 10.2 Å². The Morgan fingerprint density at radius 3 is 2.92 bits per heavy atom. The number of anilines is 1. The fourth-order valence-electron chi connectivity index (χ4n) is 2.75. The van der Waals surface area contributed by atoms with E-state index < -0.39 is 5.82 Å². The summed E-state index contributed by atoms with van der Waals surface area (Å²) in [5, 5.41) is 7.17. The largest absolute Gasteiger partial charge is 0.352 e. The second-order valence-corrected chi connectivity index (χ2v) is 6.46. The van der Waals surface area contributed by atoms with Gasteiger partial charge in [0.1, 0.15) is 11.6 Å². The molecule has 0 bridgehead atoms. The summed E-state index contributed by atoms with van der Waals surface area (Å²) < 4.78 is 15.7. The molecule has 1 amide bonds. The number of rotatable bonds is 3. The van der Waals surface area contributed by atoms with Crippen LogP contribution in [0.4, 0.5) is 10.2 Å². The molecule has 1 N–H and O–H groups in total. The summed E-state index contributed by atoms with van der Waals surface area (Å²) in [5.41, 5.74) is 1.08. The van der Waals surface area contributed by atoms with Crippen molar-refractivity contribution in [2.24, 2.45) is 0 Å². The Labute approximate surface area is 145 Å². The summed E-state index contributed by atoms with van der Waals surface area (Å²) in [6, 6.07) is 7.80. The van der Waals surface area contributed by atoms with Gasteiger partial charge >= 0.3 is 0 Å². The number of nitrogens with zero attached hydrogens (tertiary/aromatic N) is 4. The van der Waals surface area contributed by atoms with Crippen LogP contribution in [0.3, 0.4) is 0 Å². The van der Waals surface area contributed by atoms with Crippen molar-refractivity contribution in [2.45, 2.75) is 6.04 Å². The maximum atomic E-state index is 13.3. The second-order valence-electron chi connectivity index (χ2n) is 5.60. The van der Waals surface area contributed by atoms with Gasteiger partial charge in [0.15, 0.2) is 5.65 Å². The van der Waals surface area contributed by atoms with Gasteiger partial charge in [-0.1, -0.05) is 0 Å². The first kappa shape index (κ1) is 15.1. The summed E-state index contributed by atoms with van der Waals surface area (Å²) in [6.45, 7) is 1.33. The average molecular weight is 390 g/mol. The Bertz CT molecular complexity index is 922. The molecule has 1 fully saturated rings. The molecular weight excluding hydrogens is 377 g/mol. The van der Waals surface area contributed by atoms with Crippen LogP contribution in [0.15, 0.2) is 47.2 Å². The summed E-state index contributed by atoms with van der Waals surface area (Å²) >= 11 is 3.28. The molecule has 24 heavy (non-hydrogen) atoms. The number of hydrogen-bond acceptors (Lipinski definition) is 4. The van der Waals surface area contributed by atoms with Crippen molar-refractivity contribution in [3.63, 3.8) is 0 Å². The molecule has 122 valence electrons. The molecule has 3 heterocycles. The number of aromatic nitrogens is 3. The van der Waals surface area contributed by atoms with Crippen LogP contribution < -0.4 is 10.2 Å². The molecule has 1 aliphatic heterocycles. The zero-order valence-electron chi connectivity index (χ0n) is 12.5. The Balaban J connectivity index is 1.44. The second kappa shape index (κ2) is 5.86. The highest BCUT2D eigenvalue weighted by Crippen LogP contribution is 2.22. The standard InChI is InChI=1S/C16H13BrFN5O/c17-13-2-1-10(18)7-12(13)16(24)21-11-8-22(9-11)15-4-5-19-14-3-6-20-23(14)15/h1-7,11H,8-9H2,(H,21,24). The maximum Gasteiger partial charge on any atom is 0.252 e. The number of carbonyl (C=O) groups is 1. The van der Waals surface area contributed by atoms with Crippen LogP contribution in [0.5, 0.6) is 0 Å². The van der Waals surface area contributed by atoms with Crippen molar-refractivity contribution >= 4 is 33.3 Å². The minimum Gasteiger partial charge on any atom is -0.352 e. The predicted octanol–water partition coefficient (Wildman–Crippen LogP) is 2.25. The fraction of sp³-hybridized carbons (Fsp3) is 0.188. The van der Waals surface area contributed by atoms with Crippen molar-refractivity contribution in [3.8, 4) is 0 Å². The molecule has 3 aromatic rings. The lowest BCUT2D eigenvalue weighted by molar-refractivity contribution is 0.0929. The molecule has 1 aliphatic rings. The lowest BCUT2D eigenvalue weighted by Crippen LogP contribution is -2.60. The average Bonchev–Trinajstić information content (AvgIpc) is 3.01. The summed E-state index contributed by atoms with van der Waals surface area (Å²) in [6.07, 6.45) is 3.44. The van der Waals surface area contributed by atoms with Crippen molar-refractivity contribution in [1.82, 2.24) is 19.9 Å². The van der Waals surface area contributed by atoms with Crippen LogP contribution in [0.2, 0.25) is 0 Å². The molecule has 0 atom stereocenters. The first-order valence-corrected chi connectivity index (χ1v) is 8.21. The minimum atomic E-state index is -0.434. The third-order valence-electron chi connectivity index (χ3n) is 3.98. The lowest BCUT2D eigenvalue weighted by atomic mass is 10.1. The highest BCUT2D eigenvalue weighted by Gasteiger charge is 2.30.